The average Bonchev–Trinajstić information content (AvgIpc) is 3.57. The zero-order chi connectivity index (χ0) is 26.4. The first-order chi connectivity index (χ1) is 18.4. The van der Waals surface area contributed by atoms with E-state index in [1.54, 1.807) is 23.0 Å². The molecule has 0 bridgehead atoms. The van der Waals surface area contributed by atoms with E-state index < -0.39 is 22.8 Å². The molecule has 2 aliphatic rings. The van der Waals surface area contributed by atoms with Gasteiger partial charge in [-0.05, 0) is 12.1 Å². The van der Waals surface area contributed by atoms with Gasteiger partial charge in [-0.1, -0.05) is 18.2 Å². The maximum absolute atomic E-state index is 13.2. The van der Waals surface area contributed by atoms with Gasteiger partial charge >= 0.3 is 0 Å². The summed E-state index contributed by atoms with van der Waals surface area (Å²) in [5.74, 6) is -1.05. The number of nitro benzene ring substituents is 1. The number of nitrogens with one attached hydrogen (secondary N) is 2. The van der Waals surface area contributed by atoms with Crippen LogP contribution in [0.1, 0.15) is 11.1 Å². The number of non-ortho nitro benzene ring substituents is 1. The molecule has 0 saturated carbocycles. The van der Waals surface area contributed by atoms with Crippen molar-refractivity contribution in [1.82, 2.24) is 19.8 Å². The number of carbonyl (C=O) groups is 2. The number of fused-ring (bicyclic) bond motifs is 2. The van der Waals surface area contributed by atoms with Crippen LogP contribution in [-0.4, -0.2) is 75.2 Å². The van der Waals surface area contributed by atoms with Gasteiger partial charge in [-0.2, -0.15) is 0 Å². The van der Waals surface area contributed by atoms with Gasteiger partial charge in [0.05, 0.1) is 40.9 Å². The number of hydrogen-bond acceptors (Lipinski definition) is 7. The van der Waals surface area contributed by atoms with Gasteiger partial charge in [-0.25, -0.2) is 0 Å². The lowest BCUT2D eigenvalue weighted by molar-refractivity contribution is -0.384. The highest BCUT2D eigenvalue weighted by atomic mass is 16.6. The van der Waals surface area contributed by atoms with Gasteiger partial charge in [0.25, 0.3) is 17.5 Å². The number of aliphatic hydroxyl groups is 1. The number of rotatable bonds is 7. The van der Waals surface area contributed by atoms with E-state index in [9.17, 15) is 24.8 Å². The molecule has 4 heterocycles. The first-order valence-electron chi connectivity index (χ1n) is 12.3. The molecule has 11 nitrogen and oxygen atoms in total. The number of nitro groups is 1. The summed E-state index contributed by atoms with van der Waals surface area (Å²) in [7, 11) is 0. The Hall–Kier alpha value is -4.32. The number of ether oxygens (including phenoxy) is 1. The molecule has 6 rings (SSSR count). The summed E-state index contributed by atoms with van der Waals surface area (Å²) in [6.07, 6.45) is 2.63. The third-order valence-electron chi connectivity index (χ3n) is 7.12. The number of hydrogen-bond donors (Lipinski definition) is 3. The molecule has 1 atom stereocenters. The van der Waals surface area contributed by atoms with Gasteiger partial charge in [0.1, 0.15) is 0 Å². The number of aliphatic hydroxyl groups excluding tert-OH is 1. The molecule has 0 spiro atoms. The van der Waals surface area contributed by atoms with Crippen molar-refractivity contribution in [2.45, 2.75) is 12.6 Å². The molecule has 2 aromatic carbocycles. The first kappa shape index (κ1) is 24.0. The normalized spacial score (nSPS) is 17.5. The highest BCUT2D eigenvalue weighted by molar-refractivity contribution is 6.50. The lowest BCUT2D eigenvalue weighted by atomic mass is 9.95. The molecule has 1 unspecified atom stereocenters. The standard InChI is InChI=1S/C27H25N5O6/c33-17(13-30-7-9-38-10-8-30)14-31-15-21(19-6-5-16(32(36)37)11-23(19)31)25-24(26(34)29-27(25)35)20-12-28-22-4-2-1-3-18(20)22/h1-6,11-12,15,17,28,33H,7-10,13-14H2,(H,29,34,35). The van der Waals surface area contributed by atoms with Crippen LogP contribution in [0, 0.1) is 10.1 Å². The van der Waals surface area contributed by atoms with E-state index in [1.165, 1.54) is 12.1 Å². The Bertz CT molecular complexity index is 1630. The lowest BCUT2D eigenvalue weighted by Gasteiger charge is -2.28. The molecular weight excluding hydrogens is 490 g/mol. The van der Waals surface area contributed by atoms with E-state index in [1.807, 2.05) is 24.3 Å². The molecule has 3 N–H and O–H groups in total. The summed E-state index contributed by atoms with van der Waals surface area (Å²) in [6, 6.07) is 11.9. The molecule has 2 amide bonds. The molecule has 2 aliphatic heterocycles. The smallest absolute Gasteiger partial charge is 0.271 e. The highest BCUT2D eigenvalue weighted by Crippen LogP contribution is 2.39. The van der Waals surface area contributed by atoms with Crippen LogP contribution >= 0.6 is 0 Å². The molecule has 38 heavy (non-hydrogen) atoms. The van der Waals surface area contributed by atoms with Crippen LogP contribution in [0.4, 0.5) is 5.69 Å². The summed E-state index contributed by atoms with van der Waals surface area (Å²) in [5.41, 5.74) is 2.70. The van der Waals surface area contributed by atoms with E-state index in [0.29, 0.717) is 54.9 Å². The molecular formula is C27H25N5O6. The second kappa shape index (κ2) is 9.53. The van der Waals surface area contributed by atoms with E-state index in [-0.39, 0.29) is 23.4 Å². The lowest BCUT2D eigenvalue weighted by Crippen LogP contribution is -2.41. The minimum Gasteiger partial charge on any atom is -0.390 e. The van der Waals surface area contributed by atoms with Gasteiger partial charge in [0.2, 0.25) is 0 Å². The minimum absolute atomic E-state index is 0.108. The van der Waals surface area contributed by atoms with Gasteiger partial charge in [0.15, 0.2) is 0 Å². The Morgan fingerprint density at radius 3 is 2.50 bits per heavy atom. The van der Waals surface area contributed by atoms with E-state index >= 15 is 0 Å². The molecule has 1 fully saturated rings. The maximum Gasteiger partial charge on any atom is 0.271 e. The molecule has 0 radical (unpaired) electrons. The highest BCUT2D eigenvalue weighted by Gasteiger charge is 2.35. The zero-order valence-corrected chi connectivity index (χ0v) is 20.3. The maximum atomic E-state index is 13.2. The van der Waals surface area contributed by atoms with E-state index in [2.05, 4.69) is 15.2 Å². The molecule has 194 valence electrons. The third-order valence-corrected chi connectivity index (χ3v) is 7.12. The van der Waals surface area contributed by atoms with Crippen molar-refractivity contribution in [1.29, 1.82) is 0 Å². The van der Waals surface area contributed by atoms with Crippen LogP contribution in [-0.2, 0) is 20.9 Å². The number of amides is 2. The number of imide groups is 1. The van der Waals surface area contributed by atoms with E-state index in [0.717, 1.165) is 10.9 Å². The molecule has 1 saturated heterocycles. The van der Waals surface area contributed by atoms with Gasteiger partial charge in [-0.15, -0.1) is 0 Å². The first-order valence-corrected chi connectivity index (χ1v) is 12.3. The predicted octanol–water partition coefficient (Wildman–Crippen LogP) is 2.29. The third kappa shape index (κ3) is 4.16. The Morgan fingerprint density at radius 1 is 1.00 bits per heavy atom. The van der Waals surface area contributed by atoms with Crippen molar-refractivity contribution < 1.29 is 24.4 Å². The van der Waals surface area contributed by atoms with Gasteiger partial charge in [0, 0.05) is 78.1 Å². The van der Waals surface area contributed by atoms with Crippen molar-refractivity contribution in [2.75, 3.05) is 32.8 Å². The quantitative estimate of drug-likeness (QED) is 0.195. The van der Waals surface area contributed by atoms with E-state index in [4.69, 9.17) is 4.74 Å². The van der Waals surface area contributed by atoms with Gasteiger partial charge in [-0.3, -0.25) is 29.9 Å². The van der Waals surface area contributed by atoms with Crippen LogP contribution in [0.25, 0.3) is 33.0 Å². The number of H-pyrrole nitrogens is 1. The summed E-state index contributed by atoms with van der Waals surface area (Å²) in [4.78, 5) is 42.5. The van der Waals surface area contributed by atoms with Crippen molar-refractivity contribution in [3.8, 4) is 0 Å². The number of aromatic amines is 1. The number of nitrogens with zero attached hydrogens (tertiary/aromatic N) is 3. The molecule has 11 heteroatoms. The fraction of sp³-hybridized carbons (Fsp3) is 0.259. The second-order valence-electron chi connectivity index (χ2n) is 9.50. The van der Waals surface area contributed by atoms with Crippen LogP contribution in [0.15, 0.2) is 54.9 Å². The largest absolute Gasteiger partial charge is 0.390 e. The van der Waals surface area contributed by atoms with Crippen molar-refractivity contribution >= 4 is 50.5 Å². The Balaban J connectivity index is 1.48. The van der Waals surface area contributed by atoms with Crippen LogP contribution in [0.5, 0.6) is 0 Å². The second-order valence-corrected chi connectivity index (χ2v) is 9.50. The molecule has 0 aliphatic carbocycles. The number of aromatic nitrogens is 2. The fourth-order valence-electron chi connectivity index (χ4n) is 5.36. The van der Waals surface area contributed by atoms with Crippen LogP contribution < -0.4 is 5.32 Å². The number of morpholine rings is 1. The Labute approximate surface area is 216 Å². The van der Waals surface area contributed by atoms with Crippen molar-refractivity contribution in [3.63, 3.8) is 0 Å². The summed E-state index contributed by atoms with van der Waals surface area (Å²) >= 11 is 0. The number of carbonyl (C=O) groups excluding carboxylic acids is 2. The summed E-state index contributed by atoms with van der Waals surface area (Å²) < 4.78 is 7.10. The fourth-order valence-corrected chi connectivity index (χ4v) is 5.36. The minimum atomic E-state index is -0.767. The molecule has 2 aromatic heterocycles. The summed E-state index contributed by atoms with van der Waals surface area (Å²) in [5, 5.41) is 26.2. The number of para-hydroxylation sites is 1. The zero-order valence-electron chi connectivity index (χ0n) is 20.3. The monoisotopic (exact) mass is 515 g/mol. The average molecular weight is 516 g/mol. The van der Waals surface area contributed by atoms with Crippen molar-refractivity contribution in [2.24, 2.45) is 0 Å². The molecule has 4 aromatic rings. The summed E-state index contributed by atoms with van der Waals surface area (Å²) in [6.45, 7) is 3.19. The van der Waals surface area contributed by atoms with Crippen LogP contribution in [0.3, 0.4) is 0 Å². The number of benzene rings is 2. The Morgan fingerprint density at radius 2 is 1.74 bits per heavy atom. The predicted molar refractivity (Wildman–Crippen MR) is 140 cm³/mol. The number of β-amino-alcohol motifs (C(OH)–C–C–N with tert-alkyl or cyclic N) is 1. The van der Waals surface area contributed by atoms with Crippen LogP contribution in [0.2, 0.25) is 0 Å². The Kier molecular flexibility index (Phi) is 6.03. The topological polar surface area (TPSA) is 143 Å². The van der Waals surface area contributed by atoms with Crippen molar-refractivity contribution in [3.05, 3.63) is 76.1 Å². The SMILES string of the molecule is O=C1NC(=O)C(c2cn(CC(O)CN3CCOCC3)c3cc([N+](=O)[O-])ccc23)=C1c1c[nH]c2ccccc12. The van der Waals surface area contributed by atoms with Gasteiger partial charge < -0.3 is 19.4 Å².